The molecule has 1 aromatic carbocycles. The number of thiazole rings is 1. The molecule has 1 amide bonds. The maximum absolute atomic E-state index is 13.8. The number of rotatable bonds is 9. The zero-order valence-corrected chi connectivity index (χ0v) is 24.3. The number of hydrogen-bond donors (Lipinski definition) is 0. The van der Waals surface area contributed by atoms with Crippen molar-refractivity contribution in [2.24, 2.45) is 4.99 Å². The fourth-order valence-electron chi connectivity index (χ4n) is 4.86. The van der Waals surface area contributed by atoms with E-state index >= 15 is 0 Å². The molecule has 0 bridgehead atoms. The minimum atomic E-state index is -0.611. The van der Waals surface area contributed by atoms with Gasteiger partial charge in [-0.05, 0) is 68.8 Å². The van der Waals surface area contributed by atoms with Gasteiger partial charge in [0.2, 0.25) is 0 Å². The average Bonchev–Trinajstić information content (AvgIpc) is 3.71. The Morgan fingerprint density at radius 1 is 1.10 bits per heavy atom. The van der Waals surface area contributed by atoms with Gasteiger partial charge in [-0.3, -0.25) is 14.2 Å². The van der Waals surface area contributed by atoms with Crippen LogP contribution in [0.4, 0.5) is 0 Å². The Morgan fingerprint density at radius 3 is 2.60 bits per heavy atom. The van der Waals surface area contributed by atoms with Crippen molar-refractivity contribution in [1.82, 2.24) is 9.47 Å². The van der Waals surface area contributed by atoms with Crippen molar-refractivity contribution in [2.75, 3.05) is 32.9 Å². The Labute approximate surface area is 239 Å². The molecule has 9 nitrogen and oxygen atoms in total. The van der Waals surface area contributed by atoms with Gasteiger partial charge in [0.05, 0.1) is 29.0 Å². The van der Waals surface area contributed by atoms with Crippen LogP contribution in [0.1, 0.15) is 50.1 Å². The van der Waals surface area contributed by atoms with Gasteiger partial charge in [-0.1, -0.05) is 23.5 Å². The summed E-state index contributed by atoms with van der Waals surface area (Å²) in [5, 5.41) is 1.92. The van der Waals surface area contributed by atoms with Crippen molar-refractivity contribution in [3.63, 3.8) is 0 Å². The number of carbonyl (C=O) groups excluding carboxylic acids is 2. The van der Waals surface area contributed by atoms with Crippen molar-refractivity contribution < 1.29 is 23.8 Å². The van der Waals surface area contributed by atoms with E-state index in [1.165, 1.54) is 22.7 Å². The Balaban J connectivity index is 1.49. The normalized spacial score (nSPS) is 17.0. The molecule has 40 heavy (non-hydrogen) atoms. The highest BCUT2D eigenvalue weighted by Gasteiger charge is 2.33. The summed E-state index contributed by atoms with van der Waals surface area (Å²) in [6, 6.07) is 8.56. The lowest BCUT2D eigenvalue weighted by Crippen LogP contribution is -2.39. The monoisotopic (exact) mass is 581 g/mol. The fourth-order valence-corrected chi connectivity index (χ4v) is 6.73. The highest BCUT2D eigenvalue weighted by Crippen LogP contribution is 2.33. The standard InChI is InChI=1S/C29H31N3O6S2/c1-4-36-21-15-19(10-11-20(21)38-17-24(33)31-12-6-7-13-31)16-23-27(34)32-26(22-9-8-14-39-22)25(28(35)37-5-2)18(3)30-29(32)40-23/h8-11,14-16,26H,4-7,12-13,17H2,1-3H3/b23-16+/t26-/m1/s1. The van der Waals surface area contributed by atoms with Crippen LogP contribution in [-0.4, -0.2) is 54.3 Å². The first kappa shape index (κ1) is 27.9. The molecule has 3 aromatic rings. The van der Waals surface area contributed by atoms with Gasteiger partial charge < -0.3 is 19.1 Å². The molecule has 11 heteroatoms. The molecule has 0 saturated carbocycles. The van der Waals surface area contributed by atoms with Gasteiger partial charge in [0.25, 0.3) is 11.5 Å². The largest absolute Gasteiger partial charge is 0.490 e. The molecule has 1 saturated heterocycles. The number of likely N-dealkylation sites (tertiary alicyclic amines) is 1. The number of carbonyl (C=O) groups is 2. The van der Waals surface area contributed by atoms with Crippen LogP contribution in [0.2, 0.25) is 0 Å². The molecule has 4 heterocycles. The first-order valence-corrected chi connectivity index (χ1v) is 15.0. The molecule has 210 valence electrons. The molecule has 0 radical (unpaired) electrons. The summed E-state index contributed by atoms with van der Waals surface area (Å²) in [6.45, 7) is 7.52. The van der Waals surface area contributed by atoms with Gasteiger partial charge in [-0.15, -0.1) is 11.3 Å². The fraction of sp³-hybridized carbons (Fsp3) is 0.379. The molecule has 2 aliphatic heterocycles. The van der Waals surface area contributed by atoms with Crippen molar-refractivity contribution in [1.29, 1.82) is 0 Å². The highest BCUT2D eigenvalue weighted by atomic mass is 32.1. The topological polar surface area (TPSA) is 99.4 Å². The summed E-state index contributed by atoms with van der Waals surface area (Å²) < 4.78 is 19.0. The second kappa shape index (κ2) is 12.2. The Kier molecular flexibility index (Phi) is 8.51. The van der Waals surface area contributed by atoms with Gasteiger partial charge in [-0.25, -0.2) is 9.79 Å². The number of hydrogen-bond acceptors (Lipinski definition) is 9. The van der Waals surface area contributed by atoms with E-state index in [1.807, 2.05) is 35.4 Å². The lowest BCUT2D eigenvalue weighted by molar-refractivity contribution is -0.139. The first-order valence-electron chi connectivity index (χ1n) is 13.3. The van der Waals surface area contributed by atoms with Gasteiger partial charge in [0, 0.05) is 18.0 Å². The van der Waals surface area contributed by atoms with Gasteiger partial charge in [0.15, 0.2) is 22.9 Å². The van der Waals surface area contributed by atoms with E-state index < -0.39 is 12.0 Å². The predicted octanol–water partition coefficient (Wildman–Crippen LogP) is 3.26. The third-order valence-corrected chi connectivity index (χ3v) is 8.61. The second-order valence-electron chi connectivity index (χ2n) is 9.33. The lowest BCUT2D eigenvalue weighted by Gasteiger charge is -2.23. The summed E-state index contributed by atoms with van der Waals surface area (Å²) in [4.78, 5) is 46.9. The number of fused-ring (bicyclic) bond motifs is 1. The van der Waals surface area contributed by atoms with Gasteiger partial charge in [0.1, 0.15) is 6.04 Å². The third kappa shape index (κ3) is 5.62. The number of ether oxygens (including phenoxy) is 3. The number of allylic oxidation sites excluding steroid dienone is 1. The number of amides is 1. The lowest BCUT2D eigenvalue weighted by atomic mass is 10.0. The molecular weight excluding hydrogens is 550 g/mol. The van der Waals surface area contributed by atoms with E-state index in [1.54, 1.807) is 36.6 Å². The molecule has 1 fully saturated rings. The van der Waals surface area contributed by atoms with Crippen LogP contribution in [0.5, 0.6) is 11.5 Å². The van der Waals surface area contributed by atoms with E-state index in [9.17, 15) is 14.4 Å². The second-order valence-corrected chi connectivity index (χ2v) is 11.3. The van der Waals surface area contributed by atoms with Crippen LogP contribution in [0.25, 0.3) is 6.08 Å². The zero-order chi connectivity index (χ0) is 28.2. The maximum atomic E-state index is 13.8. The molecule has 1 atom stereocenters. The molecule has 0 spiro atoms. The van der Waals surface area contributed by atoms with E-state index in [0.29, 0.717) is 38.7 Å². The number of thiophene rings is 1. The number of esters is 1. The highest BCUT2D eigenvalue weighted by molar-refractivity contribution is 7.10. The predicted molar refractivity (Wildman–Crippen MR) is 154 cm³/mol. The Morgan fingerprint density at radius 2 is 1.90 bits per heavy atom. The average molecular weight is 582 g/mol. The van der Waals surface area contributed by atoms with Crippen molar-refractivity contribution in [2.45, 2.75) is 39.7 Å². The van der Waals surface area contributed by atoms with Gasteiger partial charge in [-0.2, -0.15) is 0 Å². The molecule has 0 unspecified atom stereocenters. The van der Waals surface area contributed by atoms with Crippen molar-refractivity contribution in [3.05, 3.63) is 77.1 Å². The first-order chi connectivity index (χ1) is 19.4. The molecule has 2 aromatic heterocycles. The van der Waals surface area contributed by atoms with Crippen LogP contribution >= 0.6 is 22.7 Å². The van der Waals surface area contributed by atoms with E-state index in [2.05, 4.69) is 4.99 Å². The third-order valence-electron chi connectivity index (χ3n) is 6.70. The van der Waals surface area contributed by atoms with Crippen LogP contribution in [0.15, 0.2) is 56.8 Å². The number of nitrogens with zero attached hydrogens (tertiary/aromatic N) is 3. The summed E-state index contributed by atoms with van der Waals surface area (Å²) in [5.41, 5.74) is 1.40. The Bertz CT molecular complexity index is 1610. The summed E-state index contributed by atoms with van der Waals surface area (Å²) in [7, 11) is 0. The molecule has 2 aliphatic rings. The minimum Gasteiger partial charge on any atom is -0.490 e. The van der Waals surface area contributed by atoms with Crippen LogP contribution in [-0.2, 0) is 14.3 Å². The number of benzene rings is 1. The minimum absolute atomic E-state index is 0.0390. The molecule has 0 aliphatic carbocycles. The Hall–Kier alpha value is -3.70. The summed E-state index contributed by atoms with van der Waals surface area (Å²) >= 11 is 2.74. The van der Waals surface area contributed by atoms with E-state index in [-0.39, 0.29) is 24.7 Å². The van der Waals surface area contributed by atoms with Crippen LogP contribution < -0.4 is 24.4 Å². The summed E-state index contributed by atoms with van der Waals surface area (Å²) in [6.07, 6.45) is 3.82. The molecule has 5 rings (SSSR count). The van der Waals surface area contributed by atoms with Gasteiger partial charge >= 0.3 is 5.97 Å². The smallest absolute Gasteiger partial charge is 0.338 e. The SMILES string of the molecule is CCOC(=O)C1=C(C)N=c2s/c(=C/c3ccc(OCC(=O)N4CCCC4)c(OCC)c3)c(=O)n2[C@@H]1c1cccs1. The molecular formula is C29H31N3O6S2. The summed E-state index contributed by atoms with van der Waals surface area (Å²) in [5.74, 6) is 0.454. The van der Waals surface area contributed by atoms with Crippen molar-refractivity contribution >= 4 is 40.6 Å². The maximum Gasteiger partial charge on any atom is 0.338 e. The van der Waals surface area contributed by atoms with Crippen molar-refractivity contribution in [3.8, 4) is 11.5 Å². The zero-order valence-electron chi connectivity index (χ0n) is 22.7. The molecule has 0 N–H and O–H groups in total. The van der Waals surface area contributed by atoms with E-state index in [4.69, 9.17) is 14.2 Å². The van der Waals surface area contributed by atoms with E-state index in [0.717, 1.165) is 36.4 Å². The number of aromatic nitrogens is 1. The van der Waals surface area contributed by atoms with Crippen LogP contribution in [0.3, 0.4) is 0 Å². The quantitative estimate of drug-likeness (QED) is 0.360. The van der Waals surface area contributed by atoms with Crippen LogP contribution in [0, 0.1) is 0 Å².